The van der Waals surface area contributed by atoms with Gasteiger partial charge in [-0.15, -0.1) is 22.7 Å². The van der Waals surface area contributed by atoms with Crippen molar-refractivity contribution in [3.8, 4) is 0 Å². The van der Waals surface area contributed by atoms with Gasteiger partial charge in [0.2, 0.25) is 5.91 Å². The summed E-state index contributed by atoms with van der Waals surface area (Å²) in [6.07, 6.45) is 0.427. The number of nitrogens with zero attached hydrogens (tertiary/aromatic N) is 4. The lowest BCUT2D eigenvalue weighted by Crippen LogP contribution is -2.48. The third kappa shape index (κ3) is 3.87. The lowest BCUT2D eigenvalue weighted by Gasteiger charge is -2.34. The zero-order valence-electron chi connectivity index (χ0n) is 12.0. The molecule has 21 heavy (non-hydrogen) atoms. The third-order valence-electron chi connectivity index (χ3n) is 3.59. The van der Waals surface area contributed by atoms with E-state index in [9.17, 15) is 4.79 Å². The number of piperazine rings is 1. The predicted molar refractivity (Wildman–Crippen MR) is 84.5 cm³/mol. The summed E-state index contributed by atoms with van der Waals surface area (Å²) in [7, 11) is 0. The van der Waals surface area contributed by atoms with Crippen LogP contribution in [0.15, 0.2) is 16.3 Å². The molecule has 3 rings (SSSR count). The number of aryl methyl sites for hydroxylation is 1. The lowest BCUT2D eigenvalue weighted by atomic mass is 10.2. The van der Waals surface area contributed by atoms with E-state index in [2.05, 4.69) is 20.2 Å². The van der Waals surface area contributed by atoms with E-state index < -0.39 is 0 Å². The molecule has 0 spiro atoms. The molecular formula is C14H18N4OS2. The van der Waals surface area contributed by atoms with Crippen LogP contribution in [0.3, 0.4) is 0 Å². The van der Waals surface area contributed by atoms with Crippen LogP contribution in [0.4, 0.5) is 0 Å². The van der Waals surface area contributed by atoms with Gasteiger partial charge in [0.05, 0.1) is 28.3 Å². The molecule has 0 aliphatic carbocycles. The van der Waals surface area contributed by atoms with E-state index in [1.807, 2.05) is 22.7 Å². The van der Waals surface area contributed by atoms with Gasteiger partial charge < -0.3 is 4.90 Å². The van der Waals surface area contributed by atoms with Crippen molar-refractivity contribution in [2.75, 3.05) is 26.2 Å². The quantitative estimate of drug-likeness (QED) is 0.861. The molecule has 1 aliphatic heterocycles. The van der Waals surface area contributed by atoms with Gasteiger partial charge in [-0.3, -0.25) is 9.69 Å². The van der Waals surface area contributed by atoms with Crippen molar-refractivity contribution in [2.24, 2.45) is 0 Å². The first-order valence-electron chi connectivity index (χ1n) is 6.99. The van der Waals surface area contributed by atoms with Gasteiger partial charge in [-0.2, -0.15) is 0 Å². The second-order valence-corrected chi connectivity index (χ2v) is 6.95. The molecule has 0 aromatic carbocycles. The van der Waals surface area contributed by atoms with Crippen LogP contribution in [-0.2, 0) is 17.8 Å². The smallest absolute Gasteiger partial charge is 0.228 e. The van der Waals surface area contributed by atoms with Crippen LogP contribution in [0.25, 0.3) is 0 Å². The van der Waals surface area contributed by atoms with Crippen LogP contribution in [0.5, 0.6) is 0 Å². The van der Waals surface area contributed by atoms with Crippen LogP contribution in [-0.4, -0.2) is 51.9 Å². The summed E-state index contributed by atoms with van der Waals surface area (Å²) in [5.74, 6) is 0.189. The van der Waals surface area contributed by atoms with Gasteiger partial charge in [0, 0.05) is 43.5 Å². The van der Waals surface area contributed by atoms with Gasteiger partial charge in [0.15, 0.2) is 0 Å². The Labute approximate surface area is 132 Å². The van der Waals surface area contributed by atoms with Gasteiger partial charge in [-0.1, -0.05) is 0 Å². The highest BCUT2D eigenvalue weighted by atomic mass is 32.1. The Hall–Kier alpha value is -1.31. The molecule has 1 aliphatic rings. The minimum absolute atomic E-state index is 0.189. The molecule has 0 bridgehead atoms. The maximum atomic E-state index is 12.3. The second kappa shape index (κ2) is 6.64. The summed E-state index contributed by atoms with van der Waals surface area (Å²) >= 11 is 3.23. The van der Waals surface area contributed by atoms with Crippen LogP contribution in [0.2, 0.25) is 0 Å². The zero-order valence-corrected chi connectivity index (χ0v) is 13.6. The molecule has 7 heteroatoms. The summed E-state index contributed by atoms with van der Waals surface area (Å²) in [6.45, 7) is 6.28. The van der Waals surface area contributed by atoms with Crippen molar-refractivity contribution in [1.29, 1.82) is 0 Å². The third-order valence-corrected chi connectivity index (χ3v) is 5.05. The highest BCUT2D eigenvalue weighted by Crippen LogP contribution is 2.12. The minimum atomic E-state index is 0.189. The number of thiazole rings is 2. The van der Waals surface area contributed by atoms with Gasteiger partial charge in [-0.05, 0) is 6.92 Å². The van der Waals surface area contributed by atoms with E-state index in [0.29, 0.717) is 6.42 Å². The molecule has 5 nitrogen and oxygen atoms in total. The molecule has 0 saturated carbocycles. The largest absolute Gasteiger partial charge is 0.340 e. The average molecular weight is 322 g/mol. The van der Waals surface area contributed by atoms with Crippen molar-refractivity contribution in [2.45, 2.75) is 19.9 Å². The van der Waals surface area contributed by atoms with Crippen molar-refractivity contribution >= 4 is 28.6 Å². The molecule has 2 aromatic heterocycles. The number of hydrogen-bond donors (Lipinski definition) is 0. The summed E-state index contributed by atoms with van der Waals surface area (Å²) in [5.41, 5.74) is 3.88. The molecule has 0 unspecified atom stereocenters. The highest BCUT2D eigenvalue weighted by Gasteiger charge is 2.22. The highest BCUT2D eigenvalue weighted by molar-refractivity contribution is 7.09. The molecule has 2 aromatic rings. The molecule has 112 valence electrons. The van der Waals surface area contributed by atoms with E-state index in [-0.39, 0.29) is 5.91 Å². The second-order valence-electron chi connectivity index (χ2n) is 5.17. The van der Waals surface area contributed by atoms with Gasteiger partial charge in [0.1, 0.15) is 0 Å². The number of hydrogen-bond acceptors (Lipinski definition) is 6. The summed E-state index contributed by atoms with van der Waals surface area (Å²) < 4.78 is 0. The number of carbonyl (C=O) groups is 1. The van der Waals surface area contributed by atoms with Crippen LogP contribution < -0.4 is 0 Å². The van der Waals surface area contributed by atoms with E-state index >= 15 is 0 Å². The fourth-order valence-electron chi connectivity index (χ4n) is 2.46. The maximum Gasteiger partial charge on any atom is 0.228 e. The van der Waals surface area contributed by atoms with E-state index in [4.69, 9.17) is 0 Å². The molecule has 0 N–H and O–H groups in total. The Morgan fingerprint density at radius 2 is 2.05 bits per heavy atom. The number of carbonyl (C=O) groups excluding carboxylic acids is 1. The number of amides is 1. The topological polar surface area (TPSA) is 49.3 Å². The standard InChI is InChI=1S/C14H18N4OS2/c1-11-16-12(9-21-11)6-14(19)18-4-2-17(3-5-18)7-13-8-20-10-15-13/h8-10H,2-7H2,1H3. The number of rotatable bonds is 4. The SMILES string of the molecule is Cc1nc(CC(=O)N2CCN(Cc3cscn3)CC2)cs1. The minimum Gasteiger partial charge on any atom is -0.340 e. The van der Waals surface area contributed by atoms with Crippen molar-refractivity contribution in [1.82, 2.24) is 19.8 Å². The Kier molecular flexibility index (Phi) is 4.62. The molecule has 3 heterocycles. The lowest BCUT2D eigenvalue weighted by molar-refractivity contribution is -0.132. The molecule has 0 atom stereocenters. The van der Waals surface area contributed by atoms with Gasteiger partial charge >= 0.3 is 0 Å². The first kappa shape index (κ1) is 14.6. The van der Waals surface area contributed by atoms with Crippen molar-refractivity contribution in [3.05, 3.63) is 32.7 Å². The normalized spacial score (nSPS) is 16.3. The predicted octanol–water partition coefficient (Wildman–Crippen LogP) is 1.79. The molecular weight excluding hydrogens is 304 g/mol. The molecule has 1 saturated heterocycles. The Balaban J connectivity index is 1.47. The Morgan fingerprint density at radius 3 is 2.67 bits per heavy atom. The summed E-state index contributed by atoms with van der Waals surface area (Å²) in [6, 6.07) is 0. The number of aromatic nitrogens is 2. The maximum absolute atomic E-state index is 12.3. The fraction of sp³-hybridized carbons (Fsp3) is 0.500. The van der Waals surface area contributed by atoms with Crippen LogP contribution >= 0.6 is 22.7 Å². The molecule has 0 radical (unpaired) electrons. The Bertz CT molecular complexity index is 588. The van der Waals surface area contributed by atoms with Crippen LogP contribution in [0.1, 0.15) is 16.4 Å². The van der Waals surface area contributed by atoms with Gasteiger partial charge in [-0.25, -0.2) is 9.97 Å². The van der Waals surface area contributed by atoms with Crippen molar-refractivity contribution in [3.63, 3.8) is 0 Å². The summed E-state index contributed by atoms with van der Waals surface area (Å²) in [4.78, 5) is 25.2. The monoisotopic (exact) mass is 322 g/mol. The average Bonchev–Trinajstić information content (AvgIpc) is 3.12. The zero-order chi connectivity index (χ0) is 14.7. The molecule has 1 amide bonds. The van der Waals surface area contributed by atoms with Gasteiger partial charge in [0.25, 0.3) is 0 Å². The van der Waals surface area contributed by atoms with E-state index in [1.54, 1.807) is 22.7 Å². The summed E-state index contributed by atoms with van der Waals surface area (Å²) in [5, 5.41) is 5.08. The fourth-order valence-corrected chi connectivity index (χ4v) is 3.62. The Morgan fingerprint density at radius 1 is 1.24 bits per heavy atom. The first-order valence-corrected chi connectivity index (χ1v) is 8.81. The van der Waals surface area contributed by atoms with Crippen LogP contribution in [0, 0.1) is 6.92 Å². The first-order chi connectivity index (χ1) is 10.2. The van der Waals surface area contributed by atoms with E-state index in [0.717, 1.165) is 49.1 Å². The van der Waals surface area contributed by atoms with Crippen molar-refractivity contribution < 1.29 is 4.79 Å². The molecule has 1 fully saturated rings. The van der Waals surface area contributed by atoms with E-state index in [1.165, 1.54) is 0 Å².